The van der Waals surface area contributed by atoms with Gasteiger partial charge in [0.1, 0.15) is 0 Å². The summed E-state index contributed by atoms with van der Waals surface area (Å²) in [5.41, 5.74) is 7.52. The molecule has 0 aliphatic carbocycles. The number of nitrogens with one attached hydrogen (secondary N) is 1. The standard InChI is InChI=1S/C27H19N3S/c1-17-5-7-18(8-6-17)24-16-31-27(29-24)30-28-15-22-12-11-21-10-9-19-3-2-4-20-13-14-23(22)26(21)25(19)20/h2-16H,1H3,(H,29,30)/b28-15+. The minimum absolute atomic E-state index is 0.782. The number of aryl methyl sites for hydroxylation is 1. The van der Waals surface area contributed by atoms with Crippen molar-refractivity contribution >= 4 is 55.0 Å². The van der Waals surface area contributed by atoms with Crippen LogP contribution in [0.3, 0.4) is 0 Å². The van der Waals surface area contributed by atoms with E-state index >= 15 is 0 Å². The Morgan fingerprint density at radius 3 is 2.32 bits per heavy atom. The summed E-state index contributed by atoms with van der Waals surface area (Å²) < 4.78 is 0. The van der Waals surface area contributed by atoms with Crippen molar-refractivity contribution in [3.05, 3.63) is 95.4 Å². The highest BCUT2D eigenvalue weighted by molar-refractivity contribution is 7.14. The molecule has 3 nitrogen and oxygen atoms in total. The fourth-order valence-corrected chi connectivity index (χ4v) is 4.88. The Kier molecular flexibility index (Phi) is 4.18. The van der Waals surface area contributed by atoms with E-state index in [4.69, 9.17) is 0 Å². The second kappa shape index (κ2) is 7.18. The van der Waals surface area contributed by atoms with Crippen LogP contribution in [0, 0.1) is 6.92 Å². The highest BCUT2D eigenvalue weighted by atomic mass is 32.1. The van der Waals surface area contributed by atoms with Crippen LogP contribution < -0.4 is 5.43 Å². The van der Waals surface area contributed by atoms with Gasteiger partial charge < -0.3 is 0 Å². The zero-order valence-corrected chi connectivity index (χ0v) is 17.8. The van der Waals surface area contributed by atoms with Crippen molar-refractivity contribution in [2.45, 2.75) is 6.92 Å². The molecule has 0 saturated carbocycles. The maximum Gasteiger partial charge on any atom is 0.203 e. The van der Waals surface area contributed by atoms with Crippen LogP contribution in [0.2, 0.25) is 0 Å². The van der Waals surface area contributed by atoms with Gasteiger partial charge in [0.2, 0.25) is 5.13 Å². The smallest absolute Gasteiger partial charge is 0.203 e. The first kappa shape index (κ1) is 18.0. The minimum atomic E-state index is 0.782. The molecule has 0 amide bonds. The summed E-state index contributed by atoms with van der Waals surface area (Å²) in [6, 6.07) is 28.0. The predicted octanol–water partition coefficient (Wildman–Crippen LogP) is 7.46. The Morgan fingerprint density at radius 2 is 1.52 bits per heavy atom. The Morgan fingerprint density at radius 1 is 0.806 bits per heavy atom. The van der Waals surface area contributed by atoms with Gasteiger partial charge in [-0.3, -0.25) is 5.43 Å². The molecule has 0 fully saturated rings. The molecule has 0 spiro atoms. The first-order valence-electron chi connectivity index (χ1n) is 10.2. The summed E-state index contributed by atoms with van der Waals surface area (Å²) in [4.78, 5) is 4.66. The van der Waals surface area contributed by atoms with Gasteiger partial charge in [-0.05, 0) is 39.2 Å². The zero-order chi connectivity index (χ0) is 20.8. The van der Waals surface area contributed by atoms with Crippen LogP contribution >= 0.6 is 11.3 Å². The molecule has 31 heavy (non-hydrogen) atoms. The van der Waals surface area contributed by atoms with Crippen LogP contribution in [-0.2, 0) is 0 Å². The van der Waals surface area contributed by atoms with Crippen LogP contribution in [0.25, 0.3) is 43.6 Å². The molecule has 0 atom stereocenters. The first-order valence-corrected chi connectivity index (χ1v) is 11.1. The number of hydrogen-bond acceptors (Lipinski definition) is 4. The largest absolute Gasteiger partial charge is 0.253 e. The number of rotatable bonds is 4. The Hall–Kier alpha value is -3.76. The Bertz CT molecular complexity index is 1550. The lowest BCUT2D eigenvalue weighted by Gasteiger charge is -2.12. The van der Waals surface area contributed by atoms with Crippen molar-refractivity contribution in [1.82, 2.24) is 4.98 Å². The number of benzene rings is 5. The fourth-order valence-electron chi connectivity index (χ4n) is 4.21. The fraction of sp³-hybridized carbons (Fsp3) is 0.0370. The second-order valence-corrected chi connectivity index (χ2v) is 8.64. The summed E-state index contributed by atoms with van der Waals surface area (Å²) >= 11 is 1.56. The Balaban J connectivity index is 1.33. The van der Waals surface area contributed by atoms with Gasteiger partial charge >= 0.3 is 0 Å². The third kappa shape index (κ3) is 3.13. The van der Waals surface area contributed by atoms with E-state index in [1.807, 2.05) is 6.21 Å². The van der Waals surface area contributed by atoms with Crippen LogP contribution in [0.5, 0.6) is 0 Å². The zero-order valence-electron chi connectivity index (χ0n) is 17.0. The van der Waals surface area contributed by atoms with E-state index < -0.39 is 0 Å². The third-order valence-electron chi connectivity index (χ3n) is 5.78. The maximum absolute atomic E-state index is 4.66. The summed E-state index contributed by atoms with van der Waals surface area (Å²) in [6.45, 7) is 2.09. The van der Waals surface area contributed by atoms with Gasteiger partial charge in [0.15, 0.2) is 0 Å². The van der Waals surface area contributed by atoms with Gasteiger partial charge in [0.25, 0.3) is 0 Å². The quantitative estimate of drug-likeness (QED) is 0.184. The van der Waals surface area contributed by atoms with E-state index in [2.05, 4.69) is 107 Å². The summed E-state index contributed by atoms with van der Waals surface area (Å²) in [5.74, 6) is 0. The van der Waals surface area contributed by atoms with Crippen molar-refractivity contribution < 1.29 is 0 Å². The molecule has 5 aromatic carbocycles. The molecule has 1 heterocycles. The number of anilines is 1. The second-order valence-electron chi connectivity index (χ2n) is 7.78. The summed E-state index contributed by atoms with van der Waals surface area (Å²) in [6.07, 6.45) is 1.89. The van der Waals surface area contributed by atoms with E-state index in [1.54, 1.807) is 11.3 Å². The molecule has 6 rings (SSSR count). The molecular formula is C27H19N3S. The molecule has 1 N–H and O–H groups in total. The lowest BCUT2D eigenvalue weighted by molar-refractivity contribution is 1.29. The molecule has 0 saturated heterocycles. The lowest BCUT2D eigenvalue weighted by Crippen LogP contribution is -1.92. The van der Waals surface area contributed by atoms with Gasteiger partial charge in [-0.2, -0.15) is 5.10 Å². The van der Waals surface area contributed by atoms with Gasteiger partial charge in [-0.25, -0.2) is 4.98 Å². The number of thiazole rings is 1. The highest BCUT2D eigenvalue weighted by Gasteiger charge is 2.10. The van der Waals surface area contributed by atoms with Gasteiger partial charge in [0, 0.05) is 16.5 Å². The number of aromatic nitrogens is 1. The molecular weight excluding hydrogens is 398 g/mol. The van der Waals surface area contributed by atoms with Crippen LogP contribution in [0.15, 0.2) is 89.3 Å². The number of nitrogens with zero attached hydrogens (tertiary/aromatic N) is 2. The first-order chi connectivity index (χ1) is 15.3. The summed E-state index contributed by atoms with van der Waals surface area (Å²) in [7, 11) is 0. The average molecular weight is 418 g/mol. The highest BCUT2D eigenvalue weighted by Crippen LogP contribution is 2.35. The number of hydrazone groups is 1. The molecule has 6 aromatic rings. The Labute approximate surface area is 184 Å². The SMILES string of the molecule is Cc1ccc(-c2csc(N/N=C/c3ccc4ccc5cccc6ccc3c4c56)n2)cc1. The predicted molar refractivity (Wildman–Crippen MR) is 134 cm³/mol. The minimum Gasteiger partial charge on any atom is -0.253 e. The number of hydrogen-bond donors (Lipinski definition) is 1. The molecule has 1 aromatic heterocycles. The van der Waals surface area contributed by atoms with Crippen molar-refractivity contribution in [3.63, 3.8) is 0 Å². The van der Waals surface area contributed by atoms with Gasteiger partial charge in [-0.15, -0.1) is 11.3 Å². The molecule has 148 valence electrons. The van der Waals surface area contributed by atoms with Crippen LogP contribution in [-0.4, -0.2) is 11.2 Å². The molecule has 4 heteroatoms. The topological polar surface area (TPSA) is 37.3 Å². The van der Waals surface area contributed by atoms with E-state index in [-0.39, 0.29) is 0 Å². The van der Waals surface area contributed by atoms with Crippen molar-refractivity contribution in [2.24, 2.45) is 5.10 Å². The third-order valence-corrected chi connectivity index (χ3v) is 6.52. The van der Waals surface area contributed by atoms with Crippen LogP contribution in [0.1, 0.15) is 11.1 Å². The van der Waals surface area contributed by atoms with E-state index in [9.17, 15) is 0 Å². The van der Waals surface area contributed by atoms with Crippen molar-refractivity contribution in [2.75, 3.05) is 5.43 Å². The van der Waals surface area contributed by atoms with Crippen molar-refractivity contribution in [1.29, 1.82) is 0 Å². The monoisotopic (exact) mass is 417 g/mol. The van der Waals surface area contributed by atoms with E-state index in [0.29, 0.717) is 0 Å². The maximum atomic E-state index is 4.66. The van der Waals surface area contributed by atoms with Gasteiger partial charge in [0.05, 0.1) is 11.9 Å². The average Bonchev–Trinajstić information content (AvgIpc) is 3.27. The molecule has 0 aliphatic heterocycles. The summed E-state index contributed by atoms with van der Waals surface area (Å²) in [5, 5.41) is 15.0. The lowest BCUT2D eigenvalue weighted by atomic mass is 9.92. The van der Waals surface area contributed by atoms with E-state index in [0.717, 1.165) is 22.0 Å². The molecule has 0 aliphatic rings. The molecule has 0 radical (unpaired) electrons. The normalized spacial score (nSPS) is 11.9. The van der Waals surface area contributed by atoms with Crippen molar-refractivity contribution in [3.8, 4) is 11.3 Å². The molecule has 0 bridgehead atoms. The molecule has 0 unspecified atom stereocenters. The van der Waals surface area contributed by atoms with Crippen LogP contribution in [0.4, 0.5) is 5.13 Å². The van der Waals surface area contributed by atoms with E-state index in [1.165, 1.54) is 37.9 Å². The van der Waals surface area contributed by atoms with Gasteiger partial charge in [-0.1, -0.05) is 84.4 Å².